The number of hydrogen-bond donors (Lipinski definition) is 2. The number of aromatic nitrogens is 6. The van der Waals surface area contributed by atoms with Gasteiger partial charge in [0.25, 0.3) is 12.3 Å². The van der Waals surface area contributed by atoms with Gasteiger partial charge < -0.3 is 39.7 Å². The Morgan fingerprint density at radius 1 is 0.933 bits per heavy atom. The highest BCUT2D eigenvalue weighted by Gasteiger charge is 2.64. The molecule has 10 rings (SSSR count). The summed E-state index contributed by atoms with van der Waals surface area (Å²) in [6.45, 7) is 12.0. The van der Waals surface area contributed by atoms with Crippen LogP contribution in [0.1, 0.15) is 111 Å². The lowest BCUT2D eigenvalue weighted by Gasteiger charge is -2.63. The third kappa shape index (κ3) is 9.96. The highest BCUT2D eigenvalue weighted by molar-refractivity contribution is 6.31. The van der Waals surface area contributed by atoms with E-state index < -0.39 is 17.3 Å². The van der Waals surface area contributed by atoms with E-state index in [2.05, 4.69) is 73.9 Å². The second-order valence-electron chi connectivity index (χ2n) is 21.6. The molecule has 5 aromatic rings. The number of hydrogen-bond acceptors (Lipinski definition) is 12. The Bertz CT molecular complexity index is 3000. The maximum absolute atomic E-state index is 14.8. The number of carbonyl (C=O) groups excluding carboxylic acids is 3. The van der Waals surface area contributed by atoms with E-state index >= 15 is 0 Å². The molecule has 5 aliphatic rings. The molecule has 2 saturated heterocycles. The molecule has 0 radical (unpaired) electrons. The van der Waals surface area contributed by atoms with E-state index in [0.29, 0.717) is 128 Å². The summed E-state index contributed by atoms with van der Waals surface area (Å²) in [6, 6.07) is 10.2. The molecule has 3 fully saturated rings. The van der Waals surface area contributed by atoms with Crippen LogP contribution in [0.3, 0.4) is 0 Å². The Balaban J connectivity index is 0.724. The summed E-state index contributed by atoms with van der Waals surface area (Å²) in [5.41, 5.74) is 4.56. The number of benzene rings is 2. The van der Waals surface area contributed by atoms with Gasteiger partial charge in [0.1, 0.15) is 24.5 Å². The molecule has 0 spiro atoms. The van der Waals surface area contributed by atoms with Crippen LogP contribution in [0.5, 0.6) is 5.75 Å². The second kappa shape index (κ2) is 20.7. The number of carbonyl (C=O) groups is 3. The van der Waals surface area contributed by atoms with Gasteiger partial charge in [-0.1, -0.05) is 39.3 Å². The van der Waals surface area contributed by atoms with E-state index in [1.165, 1.54) is 0 Å². The zero-order valence-corrected chi connectivity index (χ0v) is 44.0. The van der Waals surface area contributed by atoms with Gasteiger partial charge >= 0.3 is 6.03 Å². The monoisotopic (exact) mass is 1050 g/mol. The summed E-state index contributed by atoms with van der Waals surface area (Å²) in [5.74, 6) is 1.44. The molecule has 2 N–H and O–H groups in total. The van der Waals surface area contributed by atoms with Crippen LogP contribution in [0.2, 0.25) is 5.02 Å². The summed E-state index contributed by atoms with van der Waals surface area (Å²) in [5, 5.41) is 25.0. The number of nitrogens with zero attached hydrogens (tertiary/aromatic N) is 11. The summed E-state index contributed by atoms with van der Waals surface area (Å²) >= 11 is 6.26. The maximum atomic E-state index is 14.8. The van der Waals surface area contributed by atoms with Gasteiger partial charge in [-0.2, -0.15) is 15.5 Å². The summed E-state index contributed by atoms with van der Waals surface area (Å²) in [4.78, 5) is 56.9. The third-order valence-corrected chi connectivity index (χ3v) is 16.4. The molecule has 21 heteroatoms. The van der Waals surface area contributed by atoms with Gasteiger partial charge in [0.15, 0.2) is 5.82 Å². The minimum Gasteiger partial charge on any atom is -0.489 e. The lowest BCUT2D eigenvalue weighted by Crippen LogP contribution is -2.74. The number of aryl methyl sites for hydroxylation is 2. The Labute approximate surface area is 440 Å². The minimum absolute atomic E-state index is 0.00514. The molecule has 7 heterocycles. The summed E-state index contributed by atoms with van der Waals surface area (Å²) in [6.07, 6.45) is 8.29. The number of nitrogens with one attached hydrogen (secondary N) is 2. The van der Waals surface area contributed by atoms with Gasteiger partial charge in [-0.25, -0.2) is 23.5 Å². The van der Waals surface area contributed by atoms with Crippen LogP contribution in [0, 0.1) is 22.2 Å². The first-order valence-electron chi connectivity index (χ1n) is 25.9. The highest BCUT2D eigenvalue weighted by atomic mass is 35.5. The molecule has 75 heavy (non-hydrogen) atoms. The zero-order valence-electron chi connectivity index (χ0n) is 43.3. The molecular weight excluding hydrogens is 984 g/mol. The number of ether oxygens (including phenoxy) is 2. The number of rotatable bonds is 12. The van der Waals surface area contributed by atoms with Crippen molar-refractivity contribution in [2.75, 3.05) is 62.7 Å². The highest BCUT2D eigenvalue weighted by Crippen LogP contribution is 2.56. The average molecular weight is 1050 g/mol. The fourth-order valence-corrected chi connectivity index (χ4v) is 12.6. The molecule has 2 aromatic carbocycles. The van der Waals surface area contributed by atoms with Crippen molar-refractivity contribution in [1.82, 2.24) is 50.0 Å². The van der Waals surface area contributed by atoms with E-state index in [1.807, 2.05) is 11.0 Å². The first kappa shape index (κ1) is 51.6. The van der Waals surface area contributed by atoms with E-state index in [0.717, 1.165) is 29.7 Å². The SMILES string of the molecule is CNC(=O)N1CCc2c(c(N3CCCc4cc(-c5cnn(C)c5)c(C(F)F)cc43)nn2C2CCN(C(=O)COC3CCN(c4ncc(C(=O)NC5C(C)(C)C(Oc6ccc(C#N)c(Cl)c6)C5(C)C)cn4)CC3)CC2)C1. The predicted octanol–water partition coefficient (Wildman–Crippen LogP) is 7.78. The number of piperidine rings is 2. The van der Waals surface area contributed by atoms with Crippen molar-refractivity contribution >= 4 is 46.9 Å². The number of alkyl halides is 2. The number of fused-ring (bicyclic) bond motifs is 2. The lowest BCUT2D eigenvalue weighted by molar-refractivity contribution is -0.164. The van der Waals surface area contributed by atoms with Gasteiger partial charge in [-0.15, -0.1) is 0 Å². The number of amides is 4. The van der Waals surface area contributed by atoms with Crippen LogP contribution in [0.4, 0.5) is 31.0 Å². The van der Waals surface area contributed by atoms with Gasteiger partial charge in [0, 0.05) is 129 Å². The van der Waals surface area contributed by atoms with E-state index in [4.69, 9.17) is 26.2 Å². The van der Waals surface area contributed by atoms with Crippen LogP contribution < -0.4 is 25.2 Å². The molecule has 4 aliphatic heterocycles. The number of likely N-dealkylation sites (tertiary alicyclic amines) is 1. The smallest absolute Gasteiger partial charge is 0.317 e. The molecule has 0 bridgehead atoms. The number of urea groups is 1. The van der Waals surface area contributed by atoms with Crippen molar-refractivity contribution in [2.24, 2.45) is 17.9 Å². The van der Waals surface area contributed by atoms with Crippen molar-refractivity contribution in [1.29, 1.82) is 5.26 Å². The van der Waals surface area contributed by atoms with Crippen LogP contribution in [-0.4, -0.2) is 128 Å². The number of halogens is 3. The molecule has 3 aromatic heterocycles. The maximum Gasteiger partial charge on any atom is 0.317 e. The fraction of sp³-hybridized carbons (Fsp3) is 0.519. The van der Waals surface area contributed by atoms with Gasteiger partial charge in [0.05, 0.1) is 41.0 Å². The molecule has 396 valence electrons. The van der Waals surface area contributed by atoms with Crippen molar-refractivity contribution in [3.05, 3.63) is 93.7 Å². The normalized spacial score (nSPS) is 20.5. The van der Waals surface area contributed by atoms with E-state index in [-0.39, 0.29) is 54.3 Å². The second-order valence-corrected chi connectivity index (χ2v) is 22.0. The van der Waals surface area contributed by atoms with E-state index in [9.17, 15) is 28.4 Å². The first-order valence-corrected chi connectivity index (χ1v) is 26.2. The zero-order chi connectivity index (χ0) is 52.9. The molecule has 18 nitrogen and oxygen atoms in total. The summed E-state index contributed by atoms with van der Waals surface area (Å²) in [7, 11) is 3.38. The molecule has 0 atom stereocenters. The van der Waals surface area contributed by atoms with Crippen LogP contribution in [0.15, 0.2) is 55.1 Å². The van der Waals surface area contributed by atoms with Crippen molar-refractivity contribution in [3.63, 3.8) is 0 Å². The van der Waals surface area contributed by atoms with E-state index in [1.54, 1.807) is 72.7 Å². The van der Waals surface area contributed by atoms with Crippen molar-refractivity contribution in [3.8, 4) is 22.9 Å². The molecule has 0 unspecified atom stereocenters. The van der Waals surface area contributed by atoms with Crippen molar-refractivity contribution < 1.29 is 32.6 Å². The number of nitriles is 1. The molecular formula is C54H64ClF2N13O5. The largest absolute Gasteiger partial charge is 0.489 e. The van der Waals surface area contributed by atoms with Gasteiger partial charge in [-0.05, 0) is 73.9 Å². The Kier molecular flexibility index (Phi) is 14.2. The standard InChI is InChI=1S/C54H64ClF2N13O5/c1-53(2)49(54(3,4)50(53)75-38-10-9-33(25-58)42(55)23-38)63-48(72)34-26-60-51(61-27-34)67-19-13-37(14-20-67)74-31-45(71)66-17-11-36(12-18-66)70-43-15-21-68(52(73)59-5)30-41(43)47(64-70)69-16-7-8-32-22-39(35-28-62-65(6)29-35)40(46(56)57)24-44(32)69/h9-10,22-24,26-29,36-37,46,49-50H,7-8,11-21,30-31H2,1-6H3,(H,59,73)(H,63,72). The van der Waals surface area contributed by atoms with Crippen LogP contribution >= 0.6 is 11.6 Å². The van der Waals surface area contributed by atoms with Crippen LogP contribution in [-0.2, 0) is 36.0 Å². The fourth-order valence-electron chi connectivity index (χ4n) is 12.4. The average Bonchev–Trinajstić information content (AvgIpc) is 4.04. The quantitative estimate of drug-likeness (QED) is 0.124. The van der Waals surface area contributed by atoms with Gasteiger partial charge in [0.2, 0.25) is 11.9 Å². The van der Waals surface area contributed by atoms with Crippen LogP contribution in [0.25, 0.3) is 11.1 Å². The number of anilines is 3. The first-order chi connectivity index (χ1) is 35.9. The third-order valence-electron chi connectivity index (χ3n) is 16.1. The van der Waals surface area contributed by atoms with Gasteiger partial charge in [-0.3, -0.25) is 19.0 Å². The lowest BCUT2D eigenvalue weighted by atomic mass is 9.49. The summed E-state index contributed by atoms with van der Waals surface area (Å²) < 4.78 is 45.9. The molecule has 4 amide bonds. The van der Waals surface area contributed by atoms with Crippen molar-refractivity contribution in [2.45, 2.75) is 110 Å². The molecule has 1 saturated carbocycles. The Morgan fingerprint density at radius 2 is 1.67 bits per heavy atom. The Hall–Kier alpha value is -6.85. The molecule has 1 aliphatic carbocycles. The minimum atomic E-state index is -2.70. The Morgan fingerprint density at radius 3 is 2.32 bits per heavy atom. The topological polar surface area (TPSA) is 192 Å². The predicted molar refractivity (Wildman–Crippen MR) is 277 cm³/mol.